The maximum Gasteiger partial charge on any atom is 0.199 e. The van der Waals surface area contributed by atoms with Crippen LogP contribution in [0.15, 0.2) is 12.7 Å². The summed E-state index contributed by atoms with van der Waals surface area (Å²) in [5, 5.41) is 21.1. The highest BCUT2D eigenvalue weighted by Crippen LogP contribution is 2.46. The van der Waals surface area contributed by atoms with Crippen LogP contribution in [0.1, 0.15) is 19.6 Å². The van der Waals surface area contributed by atoms with Crippen molar-refractivity contribution in [2.75, 3.05) is 12.4 Å². The number of aliphatic hydroxyl groups excluding tert-OH is 1. The number of imidazole rings is 1. The minimum Gasteiger partial charge on any atom is -0.386 e. The molecule has 4 N–H and O–H groups in total. The number of rotatable bonds is 3. The van der Waals surface area contributed by atoms with Gasteiger partial charge in [-0.3, -0.25) is 4.57 Å². The Morgan fingerprint density at radius 2 is 2.26 bits per heavy atom. The molecule has 122 valence electrons. The number of nitrogens with two attached hydrogens (primary N) is 1. The lowest BCUT2D eigenvalue weighted by Crippen LogP contribution is -2.51. The van der Waals surface area contributed by atoms with Crippen molar-refractivity contribution in [1.82, 2.24) is 19.5 Å². The van der Waals surface area contributed by atoms with Crippen LogP contribution in [0.4, 0.5) is 10.2 Å². The predicted octanol–water partition coefficient (Wildman–Crippen LogP) is -0.219. The summed E-state index contributed by atoms with van der Waals surface area (Å²) in [4.78, 5) is 11.9. The van der Waals surface area contributed by atoms with Crippen molar-refractivity contribution in [3.05, 3.63) is 12.7 Å². The molecule has 3 heterocycles. The van der Waals surface area contributed by atoms with Gasteiger partial charge in [-0.1, -0.05) is 12.8 Å². The van der Waals surface area contributed by atoms with Gasteiger partial charge in [0.25, 0.3) is 0 Å². The van der Waals surface area contributed by atoms with Gasteiger partial charge in [0.2, 0.25) is 0 Å². The van der Waals surface area contributed by atoms with E-state index in [4.69, 9.17) is 16.9 Å². The van der Waals surface area contributed by atoms with Gasteiger partial charge in [-0.2, -0.15) is 0 Å². The number of alkyl halides is 1. The normalized spacial score (nSPS) is 33.9. The lowest BCUT2D eigenvalue weighted by Gasteiger charge is -2.29. The third-order valence-corrected chi connectivity index (χ3v) is 4.33. The maximum atomic E-state index is 13.5. The Hall–Kier alpha value is -2.28. The molecule has 1 fully saturated rings. The summed E-state index contributed by atoms with van der Waals surface area (Å²) in [5.41, 5.74) is 2.52. The van der Waals surface area contributed by atoms with Crippen molar-refractivity contribution in [2.24, 2.45) is 0 Å². The van der Waals surface area contributed by atoms with Crippen LogP contribution in [0.2, 0.25) is 0 Å². The molecule has 1 aliphatic rings. The fraction of sp³-hybridized carbons (Fsp3) is 0.500. The third kappa shape index (κ3) is 1.92. The SMILES string of the molecule is C#C[C@@]1(O)[C@H](O)[C@](CC)(CF)O[C@H]1n1cnc2c(N)ncnc21. The molecule has 1 aliphatic heterocycles. The van der Waals surface area contributed by atoms with Crippen LogP contribution in [-0.2, 0) is 4.74 Å². The Labute approximate surface area is 131 Å². The molecule has 23 heavy (non-hydrogen) atoms. The summed E-state index contributed by atoms with van der Waals surface area (Å²) in [5.74, 6) is 2.26. The van der Waals surface area contributed by atoms with E-state index in [1.54, 1.807) is 6.92 Å². The Morgan fingerprint density at radius 1 is 1.52 bits per heavy atom. The number of hydrogen-bond acceptors (Lipinski definition) is 7. The van der Waals surface area contributed by atoms with Crippen LogP contribution in [0.3, 0.4) is 0 Å². The van der Waals surface area contributed by atoms with Gasteiger partial charge >= 0.3 is 0 Å². The number of nitrogen functional groups attached to an aromatic ring is 1. The first-order valence-electron chi connectivity index (χ1n) is 6.98. The molecule has 2 aromatic rings. The molecule has 4 atom stereocenters. The second kappa shape index (κ2) is 5.13. The van der Waals surface area contributed by atoms with Crippen molar-refractivity contribution in [1.29, 1.82) is 0 Å². The fourth-order valence-electron chi connectivity index (χ4n) is 2.85. The van der Waals surface area contributed by atoms with E-state index >= 15 is 0 Å². The zero-order valence-electron chi connectivity index (χ0n) is 12.3. The molecule has 0 bridgehead atoms. The molecule has 3 rings (SSSR count). The monoisotopic (exact) mass is 321 g/mol. The first-order chi connectivity index (χ1) is 10.9. The molecule has 0 amide bonds. The number of hydrogen-bond donors (Lipinski definition) is 3. The highest BCUT2D eigenvalue weighted by molar-refractivity contribution is 5.81. The van der Waals surface area contributed by atoms with Gasteiger partial charge < -0.3 is 20.7 Å². The molecule has 0 radical (unpaired) electrons. The first-order valence-corrected chi connectivity index (χ1v) is 6.98. The van der Waals surface area contributed by atoms with E-state index in [0.717, 1.165) is 0 Å². The fourth-order valence-corrected chi connectivity index (χ4v) is 2.85. The van der Waals surface area contributed by atoms with E-state index in [0.29, 0.717) is 5.52 Å². The second-order valence-electron chi connectivity index (χ2n) is 5.48. The summed E-state index contributed by atoms with van der Waals surface area (Å²) in [6.07, 6.45) is 5.17. The van der Waals surface area contributed by atoms with Gasteiger partial charge in [0.15, 0.2) is 23.3 Å². The van der Waals surface area contributed by atoms with E-state index in [9.17, 15) is 14.6 Å². The van der Waals surface area contributed by atoms with Crippen molar-refractivity contribution in [3.63, 3.8) is 0 Å². The Kier molecular flexibility index (Phi) is 3.48. The number of aromatic nitrogens is 4. The van der Waals surface area contributed by atoms with E-state index in [2.05, 4.69) is 20.9 Å². The molecular formula is C14H16FN5O3. The Balaban J connectivity index is 2.18. The highest BCUT2D eigenvalue weighted by Gasteiger charge is 2.63. The number of terminal acetylenes is 1. The highest BCUT2D eigenvalue weighted by atomic mass is 19.1. The molecule has 8 nitrogen and oxygen atoms in total. The zero-order valence-corrected chi connectivity index (χ0v) is 12.3. The van der Waals surface area contributed by atoms with E-state index in [1.807, 2.05) is 0 Å². The molecule has 0 aliphatic carbocycles. The largest absolute Gasteiger partial charge is 0.386 e. The van der Waals surface area contributed by atoms with Crippen LogP contribution in [0.5, 0.6) is 0 Å². The third-order valence-electron chi connectivity index (χ3n) is 4.33. The van der Waals surface area contributed by atoms with Crippen molar-refractivity contribution in [3.8, 4) is 12.3 Å². The number of aliphatic hydroxyl groups is 2. The number of ether oxygens (including phenoxy) is 1. The minimum absolute atomic E-state index is 0.120. The first kappa shape index (κ1) is 15.6. The average Bonchev–Trinajstić information content (AvgIpc) is 3.08. The molecule has 0 aromatic carbocycles. The van der Waals surface area contributed by atoms with Crippen molar-refractivity contribution < 1.29 is 19.3 Å². The van der Waals surface area contributed by atoms with Gasteiger partial charge in [0.1, 0.15) is 30.2 Å². The summed E-state index contributed by atoms with van der Waals surface area (Å²) in [7, 11) is 0. The zero-order chi connectivity index (χ0) is 16.8. The standard InChI is InChI=1S/C14H16FN5O3/c1-3-13(5-15)11(21)14(22,4-2)12(23-13)20-7-19-8-9(16)17-6-18-10(8)20/h2,6-7,11-12,21-22H,3,5H2,1H3,(H2,16,17,18)/t11-,12-,13+,14-/m1/s1. The minimum atomic E-state index is -2.14. The number of anilines is 1. The second-order valence-corrected chi connectivity index (χ2v) is 5.48. The molecule has 0 saturated carbocycles. The van der Waals surface area contributed by atoms with Gasteiger partial charge in [0, 0.05) is 0 Å². The Bertz CT molecular complexity index is 784. The van der Waals surface area contributed by atoms with Crippen LogP contribution < -0.4 is 5.73 Å². The summed E-state index contributed by atoms with van der Waals surface area (Å²) in [6, 6.07) is 0. The summed E-state index contributed by atoms with van der Waals surface area (Å²) >= 11 is 0. The van der Waals surface area contributed by atoms with Gasteiger partial charge in [0.05, 0.1) is 6.33 Å². The van der Waals surface area contributed by atoms with Crippen LogP contribution in [-0.4, -0.2) is 53.7 Å². The number of fused-ring (bicyclic) bond motifs is 1. The maximum absolute atomic E-state index is 13.5. The van der Waals surface area contributed by atoms with Crippen molar-refractivity contribution in [2.45, 2.75) is 36.9 Å². The predicted molar refractivity (Wildman–Crippen MR) is 78.6 cm³/mol. The van der Waals surface area contributed by atoms with E-state index in [-0.39, 0.29) is 17.9 Å². The van der Waals surface area contributed by atoms with Crippen LogP contribution >= 0.6 is 0 Å². The Morgan fingerprint density at radius 3 is 2.87 bits per heavy atom. The van der Waals surface area contributed by atoms with E-state index in [1.165, 1.54) is 17.2 Å². The van der Waals surface area contributed by atoms with Gasteiger partial charge in [-0.15, -0.1) is 6.42 Å². The molecule has 9 heteroatoms. The van der Waals surface area contributed by atoms with Crippen LogP contribution in [0, 0.1) is 12.3 Å². The molecule has 0 unspecified atom stereocenters. The molecule has 1 saturated heterocycles. The van der Waals surface area contributed by atoms with Crippen LogP contribution in [0.25, 0.3) is 11.2 Å². The van der Waals surface area contributed by atoms with E-state index < -0.39 is 30.2 Å². The number of nitrogens with zero attached hydrogens (tertiary/aromatic N) is 4. The lowest BCUT2D eigenvalue weighted by molar-refractivity contribution is -0.116. The number of halogens is 1. The quantitative estimate of drug-likeness (QED) is 0.669. The summed E-state index contributed by atoms with van der Waals surface area (Å²) in [6.45, 7) is 0.628. The topological polar surface area (TPSA) is 119 Å². The van der Waals surface area contributed by atoms with Crippen molar-refractivity contribution >= 4 is 17.0 Å². The van der Waals surface area contributed by atoms with Gasteiger partial charge in [-0.25, -0.2) is 19.3 Å². The summed E-state index contributed by atoms with van der Waals surface area (Å²) < 4.78 is 20.5. The average molecular weight is 321 g/mol. The van der Waals surface area contributed by atoms with Gasteiger partial charge in [-0.05, 0) is 6.42 Å². The lowest BCUT2D eigenvalue weighted by atomic mass is 9.85. The molecule has 0 spiro atoms. The smallest absolute Gasteiger partial charge is 0.199 e. The molecular weight excluding hydrogens is 305 g/mol. The molecule has 2 aromatic heterocycles.